The summed E-state index contributed by atoms with van der Waals surface area (Å²) in [5.74, 6) is 1.60. The summed E-state index contributed by atoms with van der Waals surface area (Å²) in [4.78, 5) is 18.5. The van der Waals surface area contributed by atoms with Crippen LogP contribution in [0.5, 0.6) is 0 Å². The van der Waals surface area contributed by atoms with Gasteiger partial charge in [-0.2, -0.15) is 0 Å². The summed E-state index contributed by atoms with van der Waals surface area (Å²) in [6.45, 7) is 4.10. The van der Waals surface area contributed by atoms with Crippen molar-refractivity contribution in [2.45, 2.75) is 19.3 Å². The molecule has 2 fully saturated rings. The zero-order chi connectivity index (χ0) is 13.1. The topological polar surface area (TPSA) is 57.3 Å². The molecule has 3 rings (SSSR count). The Hall–Kier alpha value is -1.62. The fraction of sp³-hybridized carbons (Fsp3) is 0.571. The highest BCUT2D eigenvalue weighted by atomic mass is 16.1. The van der Waals surface area contributed by atoms with Crippen molar-refractivity contribution in [2.24, 2.45) is 5.92 Å². The number of nitrogens with zero attached hydrogens (tertiary/aromatic N) is 2. The van der Waals surface area contributed by atoms with Crippen molar-refractivity contribution in [3.05, 3.63) is 18.3 Å². The van der Waals surface area contributed by atoms with Crippen LogP contribution in [0.25, 0.3) is 0 Å². The third kappa shape index (κ3) is 3.04. The molecular weight excluding hydrogens is 240 g/mol. The highest BCUT2D eigenvalue weighted by molar-refractivity contribution is 5.90. The first-order valence-electron chi connectivity index (χ1n) is 7.03. The van der Waals surface area contributed by atoms with Gasteiger partial charge < -0.3 is 15.5 Å². The van der Waals surface area contributed by atoms with Crippen LogP contribution in [0.15, 0.2) is 18.3 Å². The van der Waals surface area contributed by atoms with E-state index in [0.29, 0.717) is 12.3 Å². The Kier molecular flexibility index (Phi) is 3.64. The van der Waals surface area contributed by atoms with E-state index < -0.39 is 0 Å². The number of hydrogen-bond donors (Lipinski definition) is 2. The minimum Gasteiger partial charge on any atom is -0.357 e. The minimum atomic E-state index is 0.0854. The predicted octanol–water partition coefficient (Wildman–Crippen LogP) is 1.23. The first-order chi connectivity index (χ1) is 9.31. The second-order valence-corrected chi connectivity index (χ2v) is 5.38. The van der Waals surface area contributed by atoms with E-state index in [1.165, 1.54) is 12.8 Å². The molecule has 0 saturated carbocycles. The molecule has 2 saturated heterocycles. The summed E-state index contributed by atoms with van der Waals surface area (Å²) in [5, 5.41) is 6.08. The van der Waals surface area contributed by atoms with Crippen LogP contribution in [0.1, 0.15) is 19.3 Å². The number of hydrogen-bond acceptors (Lipinski definition) is 4. The van der Waals surface area contributed by atoms with E-state index in [9.17, 15) is 4.79 Å². The Morgan fingerprint density at radius 3 is 2.74 bits per heavy atom. The first-order valence-corrected chi connectivity index (χ1v) is 7.03. The average Bonchev–Trinajstić information content (AvgIpc) is 2.89. The number of amides is 1. The second-order valence-electron chi connectivity index (χ2n) is 5.38. The highest BCUT2D eigenvalue weighted by Crippen LogP contribution is 2.19. The molecule has 19 heavy (non-hydrogen) atoms. The molecule has 0 atom stereocenters. The fourth-order valence-electron chi connectivity index (χ4n) is 2.56. The van der Waals surface area contributed by atoms with Gasteiger partial charge in [-0.25, -0.2) is 4.98 Å². The van der Waals surface area contributed by atoms with Gasteiger partial charge in [-0.3, -0.25) is 4.79 Å². The molecule has 2 N–H and O–H groups in total. The van der Waals surface area contributed by atoms with E-state index in [4.69, 9.17) is 0 Å². The predicted molar refractivity (Wildman–Crippen MR) is 75.3 cm³/mol. The van der Waals surface area contributed by atoms with Crippen LogP contribution in [-0.2, 0) is 4.79 Å². The van der Waals surface area contributed by atoms with Crippen molar-refractivity contribution in [1.82, 2.24) is 10.3 Å². The lowest BCUT2D eigenvalue weighted by Crippen LogP contribution is -2.43. The molecular formula is C14H20N4O. The third-order valence-corrected chi connectivity index (χ3v) is 3.80. The van der Waals surface area contributed by atoms with E-state index in [1.54, 1.807) is 6.20 Å². The van der Waals surface area contributed by atoms with Crippen LogP contribution in [0, 0.1) is 5.92 Å². The van der Waals surface area contributed by atoms with Gasteiger partial charge in [0, 0.05) is 19.5 Å². The van der Waals surface area contributed by atoms with E-state index in [0.717, 1.165) is 37.7 Å². The zero-order valence-corrected chi connectivity index (χ0v) is 11.1. The molecule has 0 radical (unpaired) electrons. The molecule has 0 unspecified atom stereocenters. The van der Waals surface area contributed by atoms with Crippen LogP contribution in [-0.4, -0.2) is 37.1 Å². The lowest BCUT2D eigenvalue weighted by Gasteiger charge is -2.26. The molecule has 3 heterocycles. The lowest BCUT2D eigenvalue weighted by molar-refractivity contribution is -0.117. The molecule has 0 aromatic carbocycles. The summed E-state index contributed by atoms with van der Waals surface area (Å²) in [6, 6.07) is 3.93. The fourth-order valence-corrected chi connectivity index (χ4v) is 2.56. The molecule has 102 valence electrons. The molecule has 0 aliphatic carbocycles. The molecule has 1 aromatic heterocycles. The van der Waals surface area contributed by atoms with E-state index in [1.807, 2.05) is 12.1 Å². The Morgan fingerprint density at radius 1 is 1.37 bits per heavy atom. The van der Waals surface area contributed by atoms with Gasteiger partial charge in [0.1, 0.15) is 5.82 Å². The molecule has 5 nitrogen and oxygen atoms in total. The normalized spacial score (nSPS) is 19.3. The van der Waals surface area contributed by atoms with Gasteiger partial charge in [0.25, 0.3) is 0 Å². The van der Waals surface area contributed by atoms with Gasteiger partial charge in [-0.1, -0.05) is 0 Å². The van der Waals surface area contributed by atoms with Crippen LogP contribution < -0.4 is 15.5 Å². The van der Waals surface area contributed by atoms with Crippen LogP contribution >= 0.6 is 0 Å². The quantitative estimate of drug-likeness (QED) is 0.855. The second kappa shape index (κ2) is 5.57. The molecule has 5 heteroatoms. The van der Waals surface area contributed by atoms with Crippen LogP contribution in [0.2, 0.25) is 0 Å². The van der Waals surface area contributed by atoms with Crippen LogP contribution in [0.4, 0.5) is 11.5 Å². The van der Waals surface area contributed by atoms with Crippen molar-refractivity contribution < 1.29 is 4.79 Å². The maximum Gasteiger partial charge on any atom is 0.224 e. The van der Waals surface area contributed by atoms with Crippen molar-refractivity contribution in [3.63, 3.8) is 0 Å². The van der Waals surface area contributed by atoms with Gasteiger partial charge in [0.15, 0.2) is 0 Å². The Morgan fingerprint density at radius 2 is 2.16 bits per heavy atom. The standard InChI is InChI=1S/C14H20N4O/c19-14(7-11-8-15-9-11)17-12-3-4-13(16-10-12)18-5-1-2-6-18/h3-4,10-11,15H,1-2,5-9H2,(H,17,19). The molecule has 0 spiro atoms. The summed E-state index contributed by atoms with van der Waals surface area (Å²) in [7, 11) is 0. The Labute approximate surface area is 113 Å². The van der Waals surface area contributed by atoms with Gasteiger partial charge in [-0.05, 0) is 44.0 Å². The third-order valence-electron chi connectivity index (χ3n) is 3.80. The SMILES string of the molecule is O=C(CC1CNC1)Nc1ccc(N2CCCC2)nc1. The van der Waals surface area contributed by atoms with Gasteiger partial charge in [0.05, 0.1) is 11.9 Å². The maximum absolute atomic E-state index is 11.8. The monoisotopic (exact) mass is 260 g/mol. The largest absolute Gasteiger partial charge is 0.357 e. The zero-order valence-electron chi connectivity index (χ0n) is 11.1. The summed E-state index contributed by atoms with van der Waals surface area (Å²) >= 11 is 0. The maximum atomic E-state index is 11.8. The lowest BCUT2D eigenvalue weighted by atomic mass is 9.99. The van der Waals surface area contributed by atoms with Gasteiger partial charge in [-0.15, -0.1) is 0 Å². The first kappa shape index (κ1) is 12.4. The number of aromatic nitrogens is 1. The molecule has 1 aromatic rings. The number of carbonyl (C=O) groups is 1. The van der Waals surface area contributed by atoms with Crippen molar-refractivity contribution in [1.29, 1.82) is 0 Å². The van der Waals surface area contributed by atoms with Crippen molar-refractivity contribution in [2.75, 3.05) is 36.4 Å². The summed E-state index contributed by atoms with van der Waals surface area (Å²) in [6.07, 6.45) is 4.84. The molecule has 0 bridgehead atoms. The summed E-state index contributed by atoms with van der Waals surface area (Å²) < 4.78 is 0. The molecule has 2 aliphatic heterocycles. The number of carbonyl (C=O) groups excluding carboxylic acids is 1. The van der Waals surface area contributed by atoms with Gasteiger partial charge in [0.2, 0.25) is 5.91 Å². The smallest absolute Gasteiger partial charge is 0.224 e. The number of anilines is 2. The molecule has 1 amide bonds. The summed E-state index contributed by atoms with van der Waals surface area (Å²) in [5.41, 5.74) is 0.792. The number of nitrogens with one attached hydrogen (secondary N) is 2. The number of pyridine rings is 1. The van der Waals surface area contributed by atoms with E-state index in [-0.39, 0.29) is 5.91 Å². The van der Waals surface area contributed by atoms with E-state index in [2.05, 4.69) is 20.5 Å². The average molecular weight is 260 g/mol. The van der Waals surface area contributed by atoms with E-state index >= 15 is 0 Å². The van der Waals surface area contributed by atoms with Crippen molar-refractivity contribution >= 4 is 17.4 Å². The number of rotatable bonds is 4. The Balaban J connectivity index is 1.54. The molecule has 2 aliphatic rings. The minimum absolute atomic E-state index is 0.0854. The Bertz CT molecular complexity index is 435. The van der Waals surface area contributed by atoms with Crippen LogP contribution in [0.3, 0.4) is 0 Å². The highest BCUT2D eigenvalue weighted by Gasteiger charge is 2.20. The van der Waals surface area contributed by atoms with Crippen molar-refractivity contribution in [3.8, 4) is 0 Å². The van der Waals surface area contributed by atoms with Gasteiger partial charge >= 0.3 is 0 Å².